The van der Waals surface area contributed by atoms with Gasteiger partial charge in [-0.1, -0.05) is 0 Å². The molecule has 0 bridgehead atoms. The van der Waals surface area contributed by atoms with Gasteiger partial charge in [0, 0.05) is 19.2 Å². The standard InChI is InChI=1S/C12H14N4O4/c1-3-14(4-2)10-6-5-9(7-11(10)16(18)19)15-8-12(17)20-13-15/h5-8H,3-4H2,1-2H3/p+1. The van der Waals surface area contributed by atoms with E-state index in [1.54, 1.807) is 12.1 Å². The van der Waals surface area contributed by atoms with Gasteiger partial charge in [0.2, 0.25) is 5.69 Å². The van der Waals surface area contributed by atoms with Gasteiger partial charge in [-0.25, -0.2) is 4.79 Å². The highest BCUT2D eigenvalue weighted by atomic mass is 16.6. The number of aromatic amines is 1. The maximum atomic E-state index is 11.2. The van der Waals surface area contributed by atoms with Crippen LogP contribution < -0.4 is 15.2 Å². The van der Waals surface area contributed by atoms with Crippen molar-refractivity contribution in [2.45, 2.75) is 13.8 Å². The zero-order valence-corrected chi connectivity index (χ0v) is 11.2. The van der Waals surface area contributed by atoms with Crippen LogP contribution in [0.5, 0.6) is 0 Å². The van der Waals surface area contributed by atoms with Gasteiger partial charge in [0.25, 0.3) is 11.9 Å². The topological polar surface area (TPSA) is 96.3 Å². The first-order chi connectivity index (χ1) is 9.56. The maximum absolute atomic E-state index is 11.2. The third-order valence-corrected chi connectivity index (χ3v) is 3.02. The van der Waals surface area contributed by atoms with Crippen LogP contribution in [-0.4, -0.2) is 23.3 Å². The summed E-state index contributed by atoms with van der Waals surface area (Å²) in [5.74, 6) is 0. The Morgan fingerprint density at radius 3 is 2.60 bits per heavy atom. The molecule has 0 aliphatic heterocycles. The van der Waals surface area contributed by atoms with E-state index in [4.69, 9.17) is 0 Å². The second kappa shape index (κ2) is 5.55. The molecule has 0 amide bonds. The lowest BCUT2D eigenvalue weighted by molar-refractivity contribution is -0.670. The molecule has 8 heteroatoms. The van der Waals surface area contributed by atoms with E-state index in [0.29, 0.717) is 24.5 Å². The van der Waals surface area contributed by atoms with Gasteiger partial charge in [-0.15, -0.1) is 0 Å². The highest BCUT2D eigenvalue weighted by Gasteiger charge is 2.22. The number of benzene rings is 1. The summed E-state index contributed by atoms with van der Waals surface area (Å²) in [5.41, 5.74) is 0.440. The number of anilines is 1. The summed E-state index contributed by atoms with van der Waals surface area (Å²) in [4.78, 5) is 23.7. The SMILES string of the molecule is CCN(CC)c1ccc(-[n+]2cc(=O)o[nH]2)cc1[N+](=O)[O-]. The first-order valence-corrected chi connectivity index (χ1v) is 6.20. The van der Waals surface area contributed by atoms with Gasteiger partial charge in [0.05, 0.1) is 11.0 Å². The van der Waals surface area contributed by atoms with Gasteiger partial charge in [0.1, 0.15) is 5.69 Å². The highest BCUT2D eigenvalue weighted by Crippen LogP contribution is 2.28. The molecule has 20 heavy (non-hydrogen) atoms. The molecule has 0 radical (unpaired) electrons. The predicted octanol–water partition coefficient (Wildman–Crippen LogP) is 0.999. The smallest absolute Gasteiger partial charge is 0.367 e. The van der Waals surface area contributed by atoms with E-state index in [-0.39, 0.29) is 5.69 Å². The Morgan fingerprint density at radius 1 is 1.40 bits per heavy atom. The van der Waals surface area contributed by atoms with E-state index < -0.39 is 10.5 Å². The molecule has 1 N–H and O–H groups in total. The summed E-state index contributed by atoms with van der Waals surface area (Å²) in [6.07, 6.45) is 1.18. The Balaban J connectivity index is 2.52. The lowest BCUT2D eigenvalue weighted by atomic mass is 10.2. The molecular weight excluding hydrogens is 264 g/mol. The van der Waals surface area contributed by atoms with E-state index >= 15 is 0 Å². The van der Waals surface area contributed by atoms with Gasteiger partial charge < -0.3 is 4.90 Å². The average molecular weight is 279 g/mol. The number of H-pyrrole nitrogens is 1. The van der Waals surface area contributed by atoms with Crippen LogP contribution in [0.25, 0.3) is 5.69 Å². The Morgan fingerprint density at radius 2 is 2.10 bits per heavy atom. The second-order valence-corrected chi connectivity index (χ2v) is 4.11. The van der Waals surface area contributed by atoms with Crippen LogP contribution in [0.2, 0.25) is 0 Å². The minimum atomic E-state index is -0.555. The van der Waals surface area contributed by atoms with Crippen LogP contribution in [0.15, 0.2) is 33.7 Å². The van der Waals surface area contributed by atoms with Crippen molar-refractivity contribution in [2.75, 3.05) is 18.0 Å². The van der Waals surface area contributed by atoms with Gasteiger partial charge in [-0.2, -0.15) is 0 Å². The van der Waals surface area contributed by atoms with Crippen molar-refractivity contribution in [3.05, 3.63) is 44.9 Å². The van der Waals surface area contributed by atoms with E-state index in [0.717, 1.165) is 0 Å². The molecule has 0 aliphatic rings. The van der Waals surface area contributed by atoms with Crippen LogP contribution in [0.1, 0.15) is 13.8 Å². The maximum Gasteiger partial charge on any atom is 0.427 e. The van der Waals surface area contributed by atoms with Crippen molar-refractivity contribution in [2.24, 2.45) is 0 Å². The van der Waals surface area contributed by atoms with Crippen molar-refractivity contribution >= 4 is 11.4 Å². The van der Waals surface area contributed by atoms with Crippen LogP contribution in [0.4, 0.5) is 11.4 Å². The minimum absolute atomic E-state index is 0.0132. The van der Waals surface area contributed by atoms with Crippen LogP contribution in [0, 0.1) is 10.1 Å². The first kappa shape index (κ1) is 13.8. The molecule has 0 spiro atoms. The van der Waals surface area contributed by atoms with Crippen molar-refractivity contribution in [1.29, 1.82) is 0 Å². The average Bonchev–Trinajstić information content (AvgIpc) is 2.87. The van der Waals surface area contributed by atoms with Crippen LogP contribution >= 0.6 is 0 Å². The second-order valence-electron chi connectivity index (χ2n) is 4.11. The highest BCUT2D eigenvalue weighted by molar-refractivity contribution is 5.65. The molecule has 106 valence electrons. The van der Waals surface area contributed by atoms with Crippen molar-refractivity contribution in [1.82, 2.24) is 5.27 Å². The molecular formula is C12H15N4O4+. The number of hydrogen-bond acceptors (Lipinski definition) is 5. The van der Waals surface area contributed by atoms with Crippen LogP contribution in [-0.2, 0) is 0 Å². The Hall–Kier alpha value is -2.64. The van der Waals surface area contributed by atoms with Gasteiger partial charge in [-0.05, 0) is 29.9 Å². The minimum Gasteiger partial charge on any atom is -0.367 e. The summed E-state index contributed by atoms with van der Waals surface area (Å²) in [7, 11) is 0. The lowest BCUT2D eigenvalue weighted by Gasteiger charge is -2.20. The van der Waals surface area contributed by atoms with Gasteiger partial charge in [-0.3, -0.25) is 14.6 Å². The summed E-state index contributed by atoms with van der Waals surface area (Å²) in [6.45, 7) is 5.21. The molecule has 0 atom stereocenters. The largest absolute Gasteiger partial charge is 0.427 e. The number of nitro groups is 1. The molecule has 8 nitrogen and oxygen atoms in total. The fraction of sp³-hybridized carbons (Fsp3) is 0.333. The van der Waals surface area contributed by atoms with Crippen molar-refractivity contribution in [3.8, 4) is 5.69 Å². The summed E-state index contributed by atoms with van der Waals surface area (Å²) < 4.78 is 5.83. The van der Waals surface area contributed by atoms with E-state index in [1.165, 1.54) is 16.9 Å². The quantitative estimate of drug-likeness (QED) is 0.500. The third kappa shape index (κ3) is 2.53. The molecule has 0 saturated carbocycles. The number of nitrogens with one attached hydrogen (secondary N) is 1. The molecule has 0 aliphatic carbocycles. The van der Waals surface area contributed by atoms with Gasteiger partial charge in [0.15, 0.2) is 0 Å². The summed E-state index contributed by atoms with van der Waals surface area (Å²) >= 11 is 0. The molecule has 2 rings (SSSR count). The molecule has 0 saturated heterocycles. The first-order valence-electron chi connectivity index (χ1n) is 6.20. The number of nitro benzene ring substituents is 1. The fourth-order valence-electron chi connectivity index (χ4n) is 2.02. The Kier molecular flexibility index (Phi) is 3.83. The number of aromatic nitrogens is 2. The monoisotopic (exact) mass is 279 g/mol. The lowest BCUT2D eigenvalue weighted by Crippen LogP contribution is -2.32. The summed E-state index contributed by atoms with van der Waals surface area (Å²) in [5, 5.41) is 13.6. The summed E-state index contributed by atoms with van der Waals surface area (Å²) in [6, 6.07) is 4.75. The molecule has 0 fully saturated rings. The Bertz CT molecular complexity index is 672. The number of rotatable bonds is 5. The van der Waals surface area contributed by atoms with Crippen LogP contribution in [0.3, 0.4) is 0 Å². The molecule has 2 aromatic rings. The third-order valence-electron chi connectivity index (χ3n) is 3.02. The Labute approximate surface area is 114 Å². The molecule has 1 heterocycles. The van der Waals surface area contributed by atoms with Gasteiger partial charge >= 0.3 is 5.63 Å². The molecule has 0 unspecified atom stereocenters. The zero-order chi connectivity index (χ0) is 14.7. The van der Waals surface area contributed by atoms with E-state index in [2.05, 4.69) is 9.79 Å². The zero-order valence-electron chi connectivity index (χ0n) is 11.2. The predicted molar refractivity (Wildman–Crippen MR) is 71.1 cm³/mol. The molecule has 1 aromatic carbocycles. The van der Waals surface area contributed by atoms with Crippen molar-refractivity contribution < 1.29 is 14.1 Å². The normalized spacial score (nSPS) is 10.5. The molecule has 1 aromatic heterocycles. The van der Waals surface area contributed by atoms with E-state index in [1.807, 2.05) is 18.7 Å². The number of hydrogen-bond donors (Lipinski definition) is 1. The number of nitrogens with zero attached hydrogens (tertiary/aromatic N) is 3. The fourth-order valence-corrected chi connectivity index (χ4v) is 2.02. The van der Waals surface area contributed by atoms with E-state index in [9.17, 15) is 14.9 Å². The van der Waals surface area contributed by atoms with Crippen molar-refractivity contribution in [3.63, 3.8) is 0 Å².